The van der Waals surface area contributed by atoms with Crippen molar-refractivity contribution in [2.24, 2.45) is 0 Å². The molecule has 0 spiro atoms. The molecule has 1 aliphatic rings. The van der Waals surface area contributed by atoms with Crippen molar-refractivity contribution in [3.05, 3.63) is 0 Å². The molecule has 0 bridgehead atoms. The van der Waals surface area contributed by atoms with Gasteiger partial charge in [0.15, 0.2) is 0 Å². The largest absolute Gasteiger partial charge is 0.354 e. The van der Waals surface area contributed by atoms with Crippen molar-refractivity contribution in [2.45, 2.75) is 206 Å². The summed E-state index contributed by atoms with van der Waals surface area (Å²) in [6.07, 6.45) is 40.0. The zero-order chi connectivity index (χ0) is 34.6. The first-order valence-electron chi connectivity index (χ1n) is 21.6. The summed E-state index contributed by atoms with van der Waals surface area (Å²) in [6, 6.07) is 0. The number of amides is 2. The van der Waals surface area contributed by atoms with Crippen LogP contribution in [0.4, 0.5) is 0 Å². The first-order chi connectivity index (χ1) is 23.7. The summed E-state index contributed by atoms with van der Waals surface area (Å²) in [7, 11) is 0. The van der Waals surface area contributed by atoms with Crippen LogP contribution in [0.1, 0.15) is 206 Å². The highest BCUT2D eigenvalue weighted by atomic mass is 16.2. The van der Waals surface area contributed by atoms with Crippen LogP contribution in [0.3, 0.4) is 0 Å². The predicted octanol–water partition coefficient (Wildman–Crippen LogP) is 10.6. The number of nitrogens with one attached hydrogen (secondary N) is 2. The maximum Gasteiger partial charge on any atom is 0.229 e. The Morgan fingerprint density at radius 3 is 0.958 bits per heavy atom. The van der Waals surface area contributed by atoms with E-state index in [0.717, 1.165) is 45.7 Å². The molecule has 2 amide bonds. The summed E-state index contributed by atoms with van der Waals surface area (Å²) in [5.41, 5.74) is 0. The van der Waals surface area contributed by atoms with Crippen LogP contribution in [0.5, 0.6) is 0 Å². The quantitative estimate of drug-likeness (QED) is 0.0587. The lowest BCUT2D eigenvalue weighted by atomic mass is 10.0. The summed E-state index contributed by atoms with van der Waals surface area (Å²) in [5, 5.41) is 5.95. The van der Waals surface area contributed by atoms with Crippen molar-refractivity contribution in [2.75, 3.05) is 52.4 Å². The van der Waals surface area contributed by atoms with E-state index in [9.17, 15) is 9.59 Å². The Morgan fingerprint density at radius 2 is 0.667 bits per heavy atom. The Kier molecular flexibility index (Phi) is 33.4. The molecule has 6 heteroatoms. The number of carbonyl (C=O) groups is 2. The van der Waals surface area contributed by atoms with Gasteiger partial charge in [0.2, 0.25) is 11.8 Å². The lowest BCUT2D eigenvalue weighted by molar-refractivity contribution is -0.129. The Labute approximate surface area is 300 Å². The first-order valence-corrected chi connectivity index (χ1v) is 21.6. The minimum Gasteiger partial charge on any atom is -0.354 e. The normalized spacial score (nSPS) is 16.1. The van der Waals surface area contributed by atoms with Crippen LogP contribution < -0.4 is 10.6 Å². The van der Waals surface area contributed by atoms with Crippen LogP contribution in [0, 0.1) is 0 Å². The Morgan fingerprint density at radius 1 is 0.396 bits per heavy atom. The summed E-state index contributed by atoms with van der Waals surface area (Å²) in [4.78, 5) is 29.7. The van der Waals surface area contributed by atoms with Gasteiger partial charge in [0, 0.05) is 26.2 Å². The van der Waals surface area contributed by atoms with Crippen molar-refractivity contribution in [3.8, 4) is 0 Å². The lowest BCUT2D eigenvalue weighted by Crippen LogP contribution is -2.42. The highest BCUT2D eigenvalue weighted by molar-refractivity contribution is 5.96. The molecule has 284 valence electrons. The third-order valence-electron chi connectivity index (χ3n) is 10.4. The zero-order valence-electron chi connectivity index (χ0n) is 32.6. The molecule has 1 fully saturated rings. The first kappa shape index (κ1) is 44.9. The molecule has 0 unspecified atom stereocenters. The molecular weight excluding hydrogens is 592 g/mol. The molecule has 1 saturated heterocycles. The monoisotopic (exact) mass is 677 g/mol. The average molecular weight is 677 g/mol. The third kappa shape index (κ3) is 30.9. The average Bonchev–Trinajstić information content (AvgIpc) is 3.07. The summed E-state index contributed by atoms with van der Waals surface area (Å²) in [5.74, 6) is -0.305. The molecule has 1 rings (SSSR count). The van der Waals surface area contributed by atoms with Crippen LogP contribution >= 0.6 is 0 Å². The van der Waals surface area contributed by atoms with Gasteiger partial charge in [0.05, 0.1) is 0 Å². The van der Waals surface area contributed by atoms with E-state index in [1.807, 2.05) is 0 Å². The van der Waals surface area contributed by atoms with Crippen LogP contribution in [-0.4, -0.2) is 74.0 Å². The van der Waals surface area contributed by atoms with Crippen molar-refractivity contribution in [3.63, 3.8) is 0 Å². The van der Waals surface area contributed by atoms with E-state index in [-0.39, 0.29) is 18.2 Å². The van der Waals surface area contributed by atoms with Gasteiger partial charge in [-0.1, -0.05) is 181 Å². The second-order valence-electron chi connectivity index (χ2n) is 15.1. The second-order valence-corrected chi connectivity index (χ2v) is 15.1. The SMILES string of the molecule is CCCCCCCCCCCCCCCCN1CCCN(CCCCCCCCCCCCCCCC)CCNC(=O)CC(=O)NCC1. The summed E-state index contributed by atoms with van der Waals surface area (Å²) in [6.45, 7) is 12.0. The number of nitrogens with zero attached hydrogens (tertiary/aromatic N) is 2. The van der Waals surface area contributed by atoms with Gasteiger partial charge in [-0.05, 0) is 45.4 Å². The lowest BCUT2D eigenvalue weighted by Gasteiger charge is -2.27. The molecule has 0 aromatic carbocycles. The minimum absolute atomic E-state index is 0.0576. The van der Waals surface area contributed by atoms with Crippen LogP contribution in [0.2, 0.25) is 0 Å². The van der Waals surface area contributed by atoms with Gasteiger partial charge in [-0.3, -0.25) is 9.59 Å². The number of hydrogen-bond acceptors (Lipinski definition) is 4. The Bertz CT molecular complexity index is 647. The standard InChI is InChI=1S/C42H84N4O2/c1-3-5-7-9-11-13-15-17-19-21-23-25-27-29-34-45-36-31-37-46(39-33-44-42(48)40-41(47)43-32-38-45)35-30-28-26-24-22-20-18-16-14-12-10-8-6-4-2/h3-40H2,1-2H3,(H,43,47)(H,44,48). The fraction of sp³-hybridized carbons (Fsp3) is 0.952. The minimum atomic E-state index is -0.153. The second kappa shape index (κ2) is 35.7. The van der Waals surface area contributed by atoms with Crippen LogP contribution in [0.15, 0.2) is 0 Å². The Hall–Kier alpha value is -1.14. The molecule has 0 atom stereocenters. The molecule has 2 N–H and O–H groups in total. The fourth-order valence-electron chi connectivity index (χ4n) is 7.23. The van der Waals surface area contributed by atoms with E-state index in [1.165, 1.54) is 180 Å². The molecule has 1 heterocycles. The number of carbonyl (C=O) groups excluding carboxylic acids is 2. The number of unbranched alkanes of at least 4 members (excludes halogenated alkanes) is 26. The maximum atomic E-state index is 12.3. The molecule has 1 aliphatic heterocycles. The van der Waals surface area contributed by atoms with Gasteiger partial charge >= 0.3 is 0 Å². The van der Waals surface area contributed by atoms with Gasteiger partial charge in [-0.15, -0.1) is 0 Å². The summed E-state index contributed by atoms with van der Waals surface area (Å²) >= 11 is 0. The molecular formula is C42H84N4O2. The van der Waals surface area contributed by atoms with Crippen molar-refractivity contribution in [1.29, 1.82) is 0 Å². The zero-order valence-corrected chi connectivity index (χ0v) is 32.6. The molecule has 48 heavy (non-hydrogen) atoms. The van der Waals surface area contributed by atoms with E-state index in [4.69, 9.17) is 0 Å². The third-order valence-corrected chi connectivity index (χ3v) is 10.4. The van der Waals surface area contributed by atoms with Crippen LogP contribution in [0.25, 0.3) is 0 Å². The van der Waals surface area contributed by atoms with E-state index in [0.29, 0.717) is 13.1 Å². The van der Waals surface area contributed by atoms with Gasteiger partial charge in [0.25, 0.3) is 0 Å². The van der Waals surface area contributed by atoms with Crippen molar-refractivity contribution in [1.82, 2.24) is 20.4 Å². The Balaban J connectivity index is 2.22. The molecule has 6 nitrogen and oxygen atoms in total. The van der Waals surface area contributed by atoms with Crippen molar-refractivity contribution >= 4 is 11.8 Å². The molecule has 0 aromatic heterocycles. The smallest absolute Gasteiger partial charge is 0.229 e. The van der Waals surface area contributed by atoms with E-state index in [2.05, 4.69) is 34.3 Å². The molecule has 0 radical (unpaired) electrons. The van der Waals surface area contributed by atoms with E-state index >= 15 is 0 Å². The highest BCUT2D eigenvalue weighted by Gasteiger charge is 2.13. The van der Waals surface area contributed by atoms with E-state index in [1.54, 1.807) is 0 Å². The van der Waals surface area contributed by atoms with Crippen LogP contribution in [-0.2, 0) is 9.59 Å². The predicted molar refractivity (Wildman–Crippen MR) is 209 cm³/mol. The molecule has 0 aromatic rings. The maximum absolute atomic E-state index is 12.3. The highest BCUT2D eigenvalue weighted by Crippen LogP contribution is 2.15. The topological polar surface area (TPSA) is 64.7 Å². The van der Waals surface area contributed by atoms with Gasteiger partial charge in [0.1, 0.15) is 6.42 Å². The fourth-order valence-corrected chi connectivity index (χ4v) is 7.23. The van der Waals surface area contributed by atoms with Gasteiger partial charge in [-0.25, -0.2) is 0 Å². The molecule has 0 aliphatic carbocycles. The summed E-state index contributed by atoms with van der Waals surface area (Å²) < 4.78 is 0. The number of rotatable bonds is 30. The van der Waals surface area contributed by atoms with Gasteiger partial charge < -0.3 is 20.4 Å². The number of hydrogen-bond donors (Lipinski definition) is 2. The van der Waals surface area contributed by atoms with Gasteiger partial charge in [-0.2, -0.15) is 0 Å². The van der Waals surface area contributed by atoms with Crippen molar-refractivity contribution < 1.29 is 9.59 Å². The van der Waals surface area contributed by atoms with E-state index < -0.39 is 0 Å². The molecule has 0 saturated carbocycles.